The largest absolute Gasteiger partial charge is 0.466 e. The molecule has 0 aliphatic carbocycles. The van der Waals surface area contributed by atoms with Crippen LogP contribution in [0.15, 0.2) is 24.3 Å². The first-order valence-electron chi connectivity index (χ1n) is 6.26. The Bertz CT molecular complexity index is 489. The topological polar surface area (TPSA) is 63.7 Å². The predicted molar refractivity (Wildman–Crippen MR) is 67.7 cm³/mol. The van der Waals surface area contributed by atoms with Crippen LogP contribution in [0.1, 0.15) is 40.5 Å². The minimum Gasteiger partial charge on any atom is -0.466 e. The Balaban J connectivity index is 1.95. The molecule has 5 heteroatoms. The van der Waals surface area contributed by atoms with Gasteiger partial charge in [-0.2, -0.15) is 0 Å². The fourth-order valence-corrected chi connectivity index (χ4v) is 2.06. The molecule has 1 heterocycles. The number of hydrogen-bond donors (Lipinski definition) is 0. The van der Waals surface area contributed by atoms with Gasteiger partial charge in [0.15, 0.2) is 0 Å². The van der Waals surface area contributed by atoms with E-state index in [1.807, 2.05) is 0 Å². The number of nitrogens with zero attached hydrogens (tertiary/aromatic N) is 1. The normalized spacial score (nSPS) is 13.6. The van der Waals surface area contributed by atoms with Crippen LogP contribution < -0.4 is 0 Å². The number of rotatable bonds is 5. The second kappa shape index (κ2) is 5.65. The highest BCUT2D eigenvalue weighted by molar-refractivity contribution is 6.21. The van der Waals surface area contributed by atoms with E-state index in [2.05, 4.69) is 0 Å². The molecule has 5 nitrogen and oxygen atoms in total. The monoisotopic (exact) mass is 261 g/mol. The predicted octanol–water partition coefficient (Wildman–Crippen LogP) is 1.63. The van der Waals surface area contributed by atoms with E-state index in [-0.39, 0.29) is 30.7 Å². The van der Waals surface area contributed by atoms with E-state index in [1.165, 1.54) is 4.90 Å². The molecule has 2 rings (SSSR count). The van der Waals surface area contributed by atoms with Gasteiger partial charge >= 0.3 is 5.97 Å². The molecule has 1 aliphatic rings. The molecule has 0 spiro atoms. The van der Waals surface area contributed by atoms with Crippen LogP contribution in [0.3, 0.4) is 0 Å². The van der Waals surface area contributed by atoms with Crippen molar-refractivity contribution in [2.75, 3.05) is 13.2 Å². The lowest BCUT2D eigenvalue weighted by Gasteiger charge is -2.12. The van der Waals surface area contributed by atoms with Crippen molar-refractivity contribution in [3.05, 3.63) is 35.4 Å². The molecule has 100 valence electrons. The summed E-state index contributed by atoms with van der Waals surface area (Å²) in [7, 11) is 0. The standard InChI is InChI=1S/C14H15NO4/c1-2-19-12(16)8-5-9-15-13(17)10-6-3-4-7-11(10)14(15)18/h3-4,6-7H,2,5,8-9H2,1H3. The van der Waals surface area contributed by atoms with Crippen molar-refractivity contribution in [1.82, 2.24) is 4.90 Å². The molecule has 1 aliphatic heterocycles. The number of imide groups is 1. The first kappa shape index (κ1) is 13.3. The number of benzene rings is 1. The first-order chi connectivity index (χ1) is 9.15. The number of hydrogen-bond acceptors (Lipinski definition) is 4. The molecule has 0 fully saturated rings. The molecule has 0 unspecified atom stereocenters. The molecule has 0 saturated heterocycles. The zero-order chi connectivity index (χ0) is 13.8. The summed E-state index contributed by atoms with van der Waals surface area (Å²) < 4.78 is 4.79. The average Bonchev–Trinajstić information content (AvgIpc) is 2.65. The van der Waals surface area contributed by atoms with E-state index >= 15 is 0 Å². The summed E-state index contributed by atoms with van der Waals surface area (Å²) in [6.45, 7) is 2.32. The maximum Gasteiger partial charge on any atom is 0.305 e. The fourth-order valence-electron chi connectivity index (χ4n) is 2.06. The van der Waals surface area contributed by atoms with Gasteiger partial charge in [0.05, 0.1) is 17.7 Å². The SMILES string of the molecule is CCOC(=O)CCCN1C(=O)c2ccccc2C1=O. The van der Waals surface area contributed by atoms with Gasteiger partial charge in [-0.1, -0.05) is 12.1 Å². The van der Waals surface area contributed by atoms with E-state index < -0.39 is 0 Å². The smallest absolute Gasteiger partial charge is 0.305 e. The third-order valence-electron chi connectivity index (χ3n) is 2.95. The molecule has 1 aromatic carbocycles. The molecule has 2 amide bonds. The molecule has 0 radical (unpaired) electrons. The third-order valence-corrected chi connectivity index (χ3v) is 2.95. The van der Waals surface area contributed by atoms with Gasteiger partial charge in [0, 0.05) is 13.0 Å². The van der Waals surface area contributed by atoms with Gasteiger partial charge in [-0.3, -0.25) is 19.3 Å². The Kier molecular flexibility index (Phi) is 3.94. The van der Waals surface area contributed by atoms with Crippen LogP contribution in [0.25, 0.3) is 0 Å². The van der Waals surface area contributed by atoms with Gasteiger partial charge in [0.25, 0.3) is 11.8 Å². The highest BCUT2D eigenvalue weighted by Gasteiger charge is 2.34. The summed E-state index contributed by atoms with van der Waals surface area (Å²) in [6, 6.07) is 6.74. The van der Waals surface area contributed by atoms with Crippen molar-refractivity contribution in [2.24, 2.45) is 0 Å². The minimum absolute atomic E-state index is 0.210. The molecule has 0 saturated carbocycles. The number of amides is 2. The van der Waals surface area contributed by atoms with Crippen LogP contribution in [0, 0.1) is 0 Å². The maximum absolute atomic E-state index is 12.0. The quantitative estimate of drug-likeness (QED) is 0.597. The van der Waals surface area contributed by atoms with Crippen molar-refractivity contribution >= 4 is 17.8 Å². The first-order valence-corrected chi connectivity index (χ1v) is 6.26. The molecule has 19 heavy (non-hydrogen) atoms. The number of esters is 1. The minimum atomic E-state index is -0.306. The van der Waals surface area contributed by atoms with E-state index in [1.54, 1.807) is 31.2 Å². The van der Waals surface area contributed by atoms with Crippen LogP contribution in [0.4, 0.5) is 0 Å². The Labute approximate surface area is 111 Å². The molecular weight excluding hydrogens is 246 g/mol. The summed E-state index contributed by atoms with van der Waals surface area (Å²) in [6.07, 6.45) is 0.631. The van der Waals surface area contributed by atoms with Crippen molar-refractivity contribution in [3.63, 3.8) is 0 Å². The van der Waals surface area contributed by atoms with Crippen LogP contribution in [0.5, 0.6) is 0 Å². The van der Waals surface area contributed by atoms with Gasteiger partial charge in [-0.25, -0.2) is 0 Å². The number of fused-ring (bicyclic) bond motifs is 1. The summed E-state index contributed by atoms with van der Waals surface area (Å²) in [5.74, 6) is -0.881. The Morgan fingerprint density at radius 2 is 1.74 bits per heavy atom. The van der Waals surface area contributed by atoms with Crippen LogP contribution in [0.2, 0.25) is 0 Å². The second-order valence-corrected chi connectivity index (χ2v) is 4.22. The molecule has 0 aromatic heterocycles. The zero-order valence-corrected chi connectivity index (χ0v) is 10.7. The Morgan fingerprint density at radius 1 is 1.16 bits per heavy atom. The molecule has 0 atom stereocenters. The molecule has 1 aromatic rings. The zero-order valence-electron chi connectivity index (χ0n) is 10.7. The van der Waals surface area contributed by atoms with Crippen LogP contribution in [-0.4, -0.2) is 35.8 Å². The summed E-state index contributed by atoms with van der Waals surface area (Å²) in [4.78, 5) is 36.4. The second-order valence-electron chi connectivity index (χ2n) is 4.22. The maximum atomic E-state index is 12.0. The lowest BCUT2D eigenvalue weighted by molar-refractivity contribution is -0.143. The van der Waals surface area contributed by atoms with Gasteiger partial charge in [-0.15, -0.1) is 0 Å². The Hall–Kier alpha value is -2.17. The lowest BCUT2D eigenvalue weighted by Crippen LogP contribution is -2.31. The van der Waals surface area contributed by atoms with Crippen molar-refractivity contribution < 1.29 is 19.1 Å². The molecular formula is C14H15NO4. The van der Waals surface area contributed by atoms with E-state index in [0.717, 1.165) is 0 Å². The fraction of sp³-hybridized carbons (Fsp3) is 0.357. The van der Waals surface area contributed by atoms with Crippen LogP contribution >= 0.6 is 0 Å². The average molecular weight is 261 g/mol. The molecule has 0 N–H and O–H groups in total. The highest BCUT2D eigenvalue weighted by atomic mass is 16.5. The van der Waals surface area contributed by atoms with Crippen LogP contribution in [-0.2, 0) is 9.53 Å². The van der Waals surface area contributed by atoms with Gasteiger partial charge in [0.1, 0.15) is 0 Å². The van der Waals surface area contributed by atoms with E-state index in [4.69, 9.17) is 4.74 Å². The van der Waals surface area contributed by atoms with E-state index in [0.29, 0.717) is 24.2 Å². The van der Waals surface area contributed by atoms with Crippen molar-refractivity contribution in [2.45, 2.75) is 19.8 Å². The van der Waals surface area contributed by atoms with Gasteiger partial charge in [-0.05, 0) is 25.5 Å². The molecule has 0 bridgehead atoms. The van der Waals surface area contributed by atoms with E-state index in [9.17, 15) is 14.4 Å². The summed E-state index contributed by atoms with van der Waals surface area (Å²) >= 11 is 0. The Morgan fingerprint density at radius 3 is 2.26 bits per heavy atom. The number of ether oxygens (including phenoxy) is 1. The van der Waals surface area contributed by atoms with Crippen molar-refractivity contribution in [1.29, 1.82) is 0 Å². The van der Waals surface area contributed by atoms with Crippen molar-refractivity contribution in [3.8, 4) is 0 Å². The highest BCUT2D eigenvalue weighted by Crippen LogP contribution is 2.22. The summed E-state index contributed by atoms with van der Waals surface area (Å²) in [5.41, 5.74) is 0.868. The van der Waals surface area contributed by atoms with Gasteiger partial charge < -0.3 is 4.74 Å². The summed E-state index contributed by atoms with van der Waals surface area (Å²) in [5, 5.41) is 0. The van der Waals surface area contributed by atoms with Gasteiger partial charge in [0.2, 0.25) is 0 Å². The number of carbonyl (C=O) groups is 3. The third kappa shape index (κ3) is 2.65. The lowest BCUT2D eigenvalue weighted by atomic mass is 10.1. The number of carbonyl (C=O) groups excluding carboxylic acids is 3.